The maximum atomic E-state index is 5.00. The van der Waals surface area contributed by atoms with Gasteiger partial charge in [-0.25, -0.2) is 0 Å². The Kier molecular flexibility index (Phi) is 7.43. The molecule has 0 amide bonds. The number of ether oxygens (including phenoxy) is 1. The Morgan fingerprint density at radius 2 is 2.12 bits per heavy atom. The highest BCUT2D eigenvalue weighted by molar-refractivity contribution is 5.85. The summed E-state index contributed by atoms with van der Waals surface area (Å²) in [6.07, 6.45) is 2.95. The molecule has 0 aliphatic carbocycles. The first kappa shape index (κ1) is 16.4. The summed E-state index contributed by atoms with van der Waals surface area (Å²) in [5.41, 5.74) is 2.59. The van der Waals surface area contributed by atoms with Crippen molar-refractivity contribution in [1.29, 1.82) is 0 Å². The largest absolute Gasteiger partial charge is 0.385 e. The van der Waals surface area contributed by atoms with Crippen LogP contribution in [0.5, 0.6) is 0 Å². The number of nitrogens with zero attached hydrogens (tertiary/aromatic N) is 1. The second kappa shape index (κ2) is 7.69. The lowest BCUT2D eigenvalue weighted by Crippen LogP contribution is -2.20. The third-order valence-electron chi connectivity index (χ3n) is 2.49. The van der Waals surface area contributed by atoms with Gasteiger partial charge in [0.2, 0.25) is 0 Å². The van der Waals surface area contributed by atoms with Crippen molar-refractivity contribution in [3.63, 3.8) is 0 Å². The van der Waals surface area contributed by atoms with Gasteiger partial charge in [-0.05, 0) is 13.0 Å². The van der Waals surface area contributed by atoms with E-state index < -0.39 is 0 Å². The van der Waals surface area contributed by atoms with Crippen LogP contribution in [0, 0.1) is 0 Å². The summed E-state index contributed by atoms with van der Waals surface area (Å²) < 4.78 is 5.00. The number of halogens is 1. The summed E-state index contributed by atoms with van der Waals surface area (Å²) in [5, 5.41) is 10.6. The number of rotatable bonds is 6. The van der Waals surface area contributed by atoms with E-state index in [9.17, 15) is 0 Å². The maximum absolute atomic E-state index is 5.00. The molecule has 0 saturated carbocycles. The highest BCUT2D eigenvalue weighted by Crippen LogP contribution is 2.22. The van der Waals surface area contributed by atoms with Gasteiger partial charge in [0.05, 0.1) is 6.20 Å². The molecular formula is C12H24ClN3O. The molecule has 5 heteroatoms. The van der Waals surface area contributed by atoms with Crippen LogP contribution in [0.1, 0.15) is 38.4 Å². The van der Waals surface area contributed by atoms with Gasteiger partial charge in [0.25, 0.3) is 0 Å². The molecule has 1 aromatic heterocycles. The molecule has 17 heavy (non-hydrogen) atoms. The molecule has 0 aromatic carbocycles. The van der Waals surface area contributed by atoms with Gasteiger partial charge in [-0.2, -0.15) is 5.10 Å². The average Bonchev–Trinajstić information content (AvgIpc) is 2.65. The molecule has 0 aliphatic heterocycles. The minimum atomic E-state index is 0. The van der Waals surface area contributed by atoms with Crippen molar-refractivity contribution < 1.29 is 4.74 Å². The third kappa shape index (κ3) is 5.52. The van der Waals surface area contributed by atoms with Crippen molar-refractivity contribution in [2.75, 3.05) is 20.3 Å². The number of methoxy groups -OCH3 is 1. The molecule has 4 nitrogen and oxygen atoms in total. The summed E-state index contributed by atoms with van der Waals surface area (Å²) in [6.45, 7) is 9.22. The Hall–Kier alpha value is -0.580. The van der Waals surface area contributed by atoms with Crippen LogP contribution < -0.4 is 5.32 Å². The zero-order chi connectivity index (χ0) is 12.0. The molecule has 100 valence electrons. The van der Waals surface area contributed by atoms with Crippen LogP contribution in [0.15, 0.2) is 6.20 Å². The molecule has 1 heterocycles. The molecule has 0 spiro atoms. The number of H-pyrrole nitrogens is 1. The zero-order valence-electron chi connectivity index (χ0n) is 11.2. The third-order valence-corrected chi connectivity index (χ3v) is 2.49. The van der Waals surface area contributed by atoms with E-state index in [-0.39, 0.29) is 17.8 Å². The van der Waals surface area contributed by atoms with Crippen LogP contribution in [0.3, 0.4) is 0 Å². The Balaban J connectivity index is 0.00000256. The van der Waals surface area contributed by atoms with E-state index in [0.29, 0.717) is 0 Å². The van der Waals surface area contributed by atoms with E-state index in [1.54, 1.807) is 7.11 Å². The number of hydrogen-bond donors (Lipinski definition) is 2. The molecule has 1 aromatic rings. The molecule has 0 unspecified atom stereocenters. The lowest BCUT2D eigenvalue weighted by Gasteiger charge is -2.18. The van der Waals surface area contributed by atoms with Crippen LogP contribution in [-0.4, -0.2) is 30.5 Å². The monoisotopic (exact) mass is 261 g/mol. The van der Waals surface area contributed by atoms with Crippen LogP contribution >= 0.6 is 12.4 Å². The molecule has 0 fully saturated rings. The van der Waals surface area contributed by atoms with E-state index in [2.05, 4.69) is 36.3 Å². The van der Waals surface area contributed by atoms with Gasteiger partial charge in [-0.1, -0.05) is 20.8 Å². The fourth-order valence-corrected chi connectivity index (χ4v) is 1.66. The minimum Gasteiger partial charge on any atom is -0.385 e. The second-order valence-electron chi connectivity index (χ2n) is 5.04. The smallest absolute Gasteiger partial charge is 0.0535 e. The van der Waals surface area contributed by atoms with Crippen LogP contribution in [0.2, 0.25) is 0 Å². The topological polar surface area (TPSA) is 49.9 Å². The first-order valence-corrected chi connectivity index (χ1v) is 5.78. The summed E-state index contributed by atoms with van der Waals surface area (Å²) in [7, 11) is 1.73. The molecule has 0 atom stereocenters. The predicted molar refractivity (Wildman–Crippen MR) is 72.7 cm³/mol. The van der Waals surface area contributed by atoms with Crippen LogP contribution in [0.25, 0.3) is 0 Å². The summed E-state index contributed by atoms with van der Waals surface area (Å²) >= 11 is 0. The van der Waals surface area contributed by atoms with Gasteiger partial charge in [0.15, 0.2) is 0 Å². The minimum absolute atomic E-state index is 0. The molecule has 2 N–H and O–H groups in total. The fourth-order valence-electron chi connectivity index (χ4n) is 1.66. The molecule has 0 aliphatic rings. The molecule has 0 bridgehead atoms. The fraction of sp³-hybridized carbons (Fsp3) is 0.750. The zero-order valence-corrected chi connectivity index (χ0v) is 12.0. The Morgan fingerprint density at radius 1 is 1.41 bits per heavy atom. The van der Waals surface area contributed by atoms with Crippen molar-refractivity contribution >= 4 is 12.4 Å². The standard InChI is InChI=1S/C12H23N3O.ClH/c1-12(2,3)11-10(9-14-15-11)8-13-6-5-7-16-4;/h9,13H,5-8H2,1-4H3,(H,14,15);1H. The van der Waals surface area contributed by atoms with Gasteiger partial charge in [0.1, 0.15) is 0 Å². The first-order valence-electron chi connectivity index (χ1n) is 5.78. The quantitative estimate of drug-likeness (QED) is 0.773. The number of nitrogens with one attached hydrogen (secondary N) is 2. The van der Waals surface area contributed by atoms with Gasteiger partial charge < -0.3 is 10.1 Å². The SMILES string of the molecule is COCCCNCc1cn[nH]c1C(C)(C)C.Cl. The summed E-state index contributed by atoms with van der Waals surface area (Å²) in [4.78, 5) is 0. The number of hydrogen-bond acceptors (Lipinski definition) is 3. The van der Waals surface area contributed by atoms with E-state index in [4.69, 9.17) is 4.74 Å². The Bertz CT molecular complexity index is 307. The van der Waals surface area contributed by atoms with Gasteiger partial charge in [0, 0.05) is 36.9 Å². The summed E-state index contributed by atoms with van der Waals surface area (Å²) in [5.74, 6) is 0. The first-order chi connectivity index (χ1) is 7.55. The Morgan fingerprint density at radius 3 is 2.71 bits per heavy atom. The van der Waals surface area contributed by atoms with Crippen LogP contribution in [-0.2, 0) is 16.7 Å². The van der Waals surface area contributed by atoms with Crippen molar-refractivity contribution in [1.82, 2.24) is 15.5 Å². The number of aromatic nitrogens is 2. The van der Waals surface area contributed by atoms with Crippen LogP contribution in [0.4, 0.5) is 0 Å². The lowest BCUT2D eigenvalue weighted by molar-refractivity contribution is 0.194. The highest BCUT2D eigenvalue weighted by Gasteiger charge is 2.19. The second-order valence-corrected chi connectivity index (χ2v) is 5.04. The van der Waals surface area contributed by atoms with Crippen molar-refractivity contribution in [2.24, 2.45) is 0 Å². The van der Waals surface area contributed by atoms with E-state index >= 15 is 0 Å². The van der Waals surface area contributed by atoms with Crippen molar-refractivity contribution in [3.8, 4) is 0 Å². The highest BCUT2D eigenvalue weighted by atomic mass is 35.5. The Labute approximate surface area is 110 Å². The average molecular weight is 262 g/mol. The predicted octanol–water partition coefficient (Wildman–Crippen LogP) is 2.26. The van der Waals surface area contributed by atoms with Gasteiger partial charge in [-0.3, -0.25) is 5.10 Å². The number of aromatic amines is 1. The molecule has 0 radical (unpaired) electrons. The van der Waals surface area contributed by atoms with Gasteiger partial charge >= 0.3 is 0 Å². The van der Waals surface area contributed by atoms with E-state index in [1.165, 1.54) is 11.3 Å². The van der Waals surface area contributed by atoms with Crippen molar-refractivity contribution in [2.45, 2.75) is 39.2 Å². The van der Waals surface area contributed by atoms with E-state index in [1.807, 2.05) is 6.20 Å². The maximum Gasteiger partial charge on any atom is 0.0535 e. The van der Waals surface area contributed by atoms with E-state index in [0.717, 1.165) is 26.1 Å². The normalized spacial score (nSPS) is 11.3. The molecule has 0 saturated heterocycles. The lowest BCUT2D eigenvalue weighted by atomic mass is 9.89. The molecular weight excluding hydrogens is 238 g/mol. The van der Waals surface area contributed by atoms with Crippen molar-refractivity contribution in [3.05, 3.63) is 17.5 Å². The van der Waals surface area contributed by atoms with Gasteiger partial charge in [-0.15, -0.1) is 12.4 Å². The molecule has 1 rings (SSSR count). The summed E-state index contributed by atoms with van der Waals surface area (Å²) in [6, 6.07) is 0.